The maximum absolute atomic E-state index is 12.6. The molecule has 0 saturated heterocycles. The third-order valence-electron chi connectivity index (χ3n) is 2.14. The molecule has 90 valence electrons. The van der Waals surface area contributed by atoms with Gasteiger partial charge in [-0.3, -0.25) is 0 Å². The summed E-state index contributed by atoms with van der Waals surface area (Å²) in [6.45, 7) is 7.09. The Morgan fingerprint density at radius 3 is 2.31 bits per heavy atom. The van der Waals surface area contributed by atoms with E-state index in [0.29, 0.717) is 11.4 Å². The van der Waals surface area contributed by atoms with Crippen molar-refractivity contribution in [3.63, 3.8) is 0 Å². The molecule has 16 heavy (non-hydrogen) atoms. The average molecular weight is 243 g/mol. The monoisotopic (exact) mass is 243 g/mol. The maximum Gasteiger partial charge on any atom is 0.124 e. The zero-order valence-electron chi connectivity index (χ0n) is 9.92. The van der Waals surface area contributed by atoms with Crippen LogP contribution in [0.15, 0.2) is 29.2 Å². The van der Waals surface area contributed by atoms with Crippen LogP contribution in [-0.2, 0) is 11.0 Å². The SMILES string of the molecule is CC(C)(C)CCNS(=O)c1ccc(F)cc1. The van der Waals surface area contributed by atoms with Crippen LogP contribution in [0.4, 0.5) is 4.39 Å². The molecule has 0 aromatic heterocycles. The molecule has 0 aliphatic carbocycles. The van der Waals surface area contributed by atoms with Gasteiger partial charge in [-0.2, -0.15) is 0 Å². The number of halogens is 1. The summed E-state index contributed by atoms with van der Waals surface area (Å²) >= 11 is 0. The molecule has 1 unspecified atom stereocenters. The van der Waals surface area contributed by atoms with Crippen LogP contribution in [0.1, 0.15) is 27.2 Å². The van der Waals surface area contributed by atoms with Crippen LogP contribution in [0.5, 0.6) is 0 Å². The Labute approximate surface area is 98.8 Å². The molecule has 4 heteroatoms. The van der Waals surface area contributed by atoms with E-state index in [9.17, 15) is 8.60 Å². The van der Waals surface area contributed by atoms with Gasteiger partial charge >= 0.3 is 0 Å². The van der Waals surface area contributed by atoms with Crippen molar-refractivity contribution in [3.05, 3.63) is 30.1 Å². The van der Waals surface area contributed by atoms with Crippen molar-refractivity contribution in [2.24, 2.45) is 5.41 Å². The van der Waals surface area contributed by atoms with E-state index < -0.39 is 11.0 Å². The van der Waals surface area contributed by atoms with E-state index in [1.807, 2.05) is 0 Å². The smallest absolute Gasteiger partial charge is 0.124 e. The van der Waals surface area contributed by atoms with Crippen molar-refractivity contribution < 1.29 is 8.60 Å². The van der Waals surface area contributed by atoms with Crippen LogP contribution in [0.25, 0.3) is 0 Å². The first-order valence-corrected chi connectivity index (χ1v) is 6.44. The van der Waals surface area contributed by atoms with Gasteiger partial charge in [0.2, 0.25) is 0 Å². The molecule has 0 saturated carbocycles. The lowest BCUT2D eigenvalue weighted by atomic mass is 9.93. The van der Waals surface area contributed by atoms with E-state index in [4.69, 9.17) is 0 Å². The van der Waals surface area contributed by atoms with Crippen molar-refractivity contribution in [1.29, 1.82) is 0 Å². The quantitative estimate of drug-likeness (QED) is 0.865. The van der Waals surface area contributed by atoms with Gasteiger partial charge in [0.05, 0.1) is 4.90 Å². The van der Waals surface area contributed by atoms with Gasteiger partial charge in [0.1, 0.15) is 16.8 Å². The van der Waals surface area contributed by atoms with Crippen LogP contribution < -0.4 is 4.72 Å². The van der Waals surface area contributed by atoms with Crippen LogP contribution in [0, 0.1) is 11.2 Å². The van der Waals surface area contributed by atoms with E-state index in [2.05, 4.69) is 25.5 Å². The zero-order chi connectivity index (χ0) is 12.2. The summed E-state index contributed by atoms with van der Waals surface area (Å²) in [5.41, 5.74) is 0.222. The number of rotatable bonds is 4. The topological polar surface area (TPSA) is 29.1 Å². The van der Waals surface area contributed by atoms with Gasteiger partial charge in [-0.05, 0) is 36.1 Å². The Kier molecular flexibility index (Phi) is 4.62. The lowest BCUT2D eigenvalue weighted by Crippen LogP contribution is -2.22. The predicted octanol–water partition coefficient (Wildman–Crippen LogP) is 2.87. The van der Waals surface area contributed by atoms with Gasteiger partial charge in [-0.25, -0.2) is 13.3 Å². The van der Waals surface area contributed by atoms with Crippen molar-refractivity contribution in [1.82, 2.24) is 4.72 Å². The average Bonchev–Trinajstić information content (AvgIpc) is 2.16. The molecule has 0 amide bonds. The number of hydrogen-bond acceptors (Lipinski definition) is 1. The Bertz CT molecular complexity index is 356. The molecule has 0 aliphatic rings. The first-order chi connectivity index (χ1) is 7.38. The number of nitrogens with one attached hydrogen (secondary N) is 1. The molecule has 0 spiro atoms. The molecule has 0 aliphatic heterocycles. The fourth-order valence-electron chi connectivity index (χ4n) is 1.16. The second-order valence-corrected chi connectivity index (χ2v) is 6.23. The minimum absolute atomic E-state index is 0.222. The van der Waals surface area contributed by atoms with Crippen LogP contribution in [0.2, 0.25) is 0 Å². The molecule has 1 rings (SSSR count). The molecule has 0 bridgehead atoms. The largest absolute Gasteiger partial charge is 0.238 e. The molecule has 2 nitrogen and oxygen atoms in total. The first kappa shape index (κ1) is 13.3. The zero-order valence-corrected chi connectivity index (χ0v) is 10.7. The van der Waals surface area contributed by atoms with E-state index >= 15 is 0 Å². The van der Waals surface area contributed by atoms with Gasteiger partial charge in [0, 0.05) is 6.54 Å². The van der Waals surface area contributed by atoms with Crippen molar-refractivity contribution in [2.75, 3.05) is 6.54 Å². The summed E-state index contributed by atoms with van der Waals surface area (Å²) in [4.78, 5) is 0.607. The second kappa shape index (κ2) is 5.55. The molecule has 1 aromatic carbocycles. The summed E-state index contributed by atoms with van der Waals surface area (Å²) in [6.07, 6.45) is 0.944. The fraction of sp³-hybridized carbons (Fsp3) is 0.500. The molecular formula is C12H18FNOS. The standard InChI is InChI=1S/C12H18FNOS/c1-12(2,3)8-9-14-16(15)11-6-4-10(13)5-7-11/h4-7,14H,8-9H2,1-3H3. The highest BCUT2D eigenvalue weighted by Gasteiger charge is 2.10. The Balaban J connectivity index is 2.44. The molecule has 1 atom stereocenters. The highest BCUT2D eigenvalue weighted by molar-refractivity contribution is 7.83. The van der Waals surface area contributed by atoms with E-state index in [1.165, 1.54) is 24.3 Å². The molecule has 1 N–H and O–H groups in total. The van der Waals surface area contributed by atoms with Crippen LogP contribution in [-0.4, -0.2) is 10.8 Å². The Hall–Kier alpha value is -0.740. The summed E-state index contributed by atoms with van der Waals surface area (Å²) in [5.74, 6) is -0.310. The van der Waals surface area contributed by atoms with Crippen molar-refractivity contribution in [3.8, 4) is 0 Å². The first-order valence-electron chi connectivity index (χ1n) is 5.29. The van der Waals surface area contributed by atoms with Crippen molar-refractivity contribution >= 4 is 11.0 Å². The normalized spacial score (nSPS) is 13.8. The molecular weight excluding hydrogens is 225 g/mol. The molecule has 0 fully saturated rings. The fourth-order valence-corrected chi connectivity index (χ4v) is 2.00. The second-order valence-electron chi connectivity index (χ2n) is 4.93. The van der Waals surface area contributed by atoms with Gasteiger partial charge in [0.25, 0.3) is 0 Å². The number of hydrogen-bond donors (Lipinski definition) is 1. The number of benzene rings is 1. The van der Waals surface area contributed by atoms with E-state index in [-0.39, 0.29) is 11.2 Å². The minimum Gasteiger partial charge on any atom is -0.238 e. The summed E-state index contributed by atoms with van der Waals surface area (Å²) in [7, 11) is -1.24. The van der Waals surface area contributed by atoms with E-state index in [1.54, 1.807) is 0 Å². The lowest BCUT2D eigenvalue weighted by Gasteiger charge is -2.17. The minimum atomic E-state index is -1.24. The van der Waals surface area contributed by atoms with Crippen LogP contribution >= 0.6 is 0 Å². The van der Waals surface area contributed by atoms with Gasteiger partial charge < -0.3 is 0 Å². The third-order valence-corrected chi connectivity index (χ3v) is 3.30. The molecule has 1 aromatic rings. The predicted molar refractivity (Wildman–Crippen MR) is 64.9 cm³/mol. The van der Waals surface area contributed by atoms with Gasteiger partial charge in [-0.15, -0.1) is 0 Å². The van der Waals surface area contributed by atoms with E-state index in [0.717, 1.165) is 6.42 Å². The van der Waals surface area contributed by atoms with Crippen LogP contribution in [0.3, 0.4) is 0 Å². The summed E-state index contributed by atoms with van der Waals surface area (Å²) in [5, 5.41) is 0. The van der Waals surface area contributed by atoms with Crippen molar-refractivity contribution in [2.45, 2.75) is 32.1 Å². The summed E-state index contributed by atoms with van der Waals surface area (Å²) in [6, 6.07) is 5.71. The molecule has 0 heterocycles. The Morgan fingerprint density at radius 1 is 1.25 bits per heavy atom. The van der Waals surface area contributed by atoms with Gasteiger partial charge in [-0.1, -0.05) is 20.8 Å². The van der Waals surface area contributed by atoms with Gasteiger partial charge in [0.15, 0.2) is 0 Å². The summed E-state index contributed by atoms with van der Waals surface area (Å²) < 4.78 is 27.3. The third kappa shape index (κ3) is 4.86. The highest BCUT2D eigenvalue weighted by Crippen LogP contribution is 2.17. The highest BCUT2D eigenvalue weighted by atomic mass is 32.2. The maximum atomic E-state index is 12.6. The Morgan fingerprint density at radius 2 is 1.81 bits per heavy atom. The lowest BCUT2D eigenvalue weighted by molar-refractivity contribution is 0.379. The molecule has 0 radical (unpaired) electrons.